The van der Waals surface area contributed by atoms with Crippen LogP contribution in [0.1, 0.15) is 39.0 Å². The van der Waals surface area contributed by atoms with E-state index in [4.69, 9.17) is 15.4 Å². The Hall–Kier alpha value is -0.880. The number of rotatable bonds is 4. The lowest BCUT2D eigenvalue weighted by molar-refractivity contribution is 0.116. The van der Waals surface area contributed by atoms with E-state index in [-0.39, 0.29) is 11.9 Å². The largest absolute Gasteiger partial charge is 0.487 e. The summed E-state index contributed by atoms with van der Waals surface area (Å²) in [6.07, 6.45) is 4.55. The summed E-state index contributed by atoms with van der Waals surface area (Å²) in [4.78, 5) is -0.871. The molecule has 118 valence electrons. The molecule has 2 rings (SSSR count). The summed E-state index contributed by atoms with van der Waals surface area (Å²) in [5, 5.41) is 0. The number of halogens is 3. The Kier molecular flexibility index (Phi) is 5.09. The normalized spacial score (nSPS) is 23.0. The van der Waals surface area contributed by atoms with Gasteiger partial charge in [-0.3, -0.25) is 0 Å². The minimum atomic E-state index is -4.32. The maximum Gasteiger partial charge on any atom is 0.264 e. The van der Waals surface area contributed by atoms with Gasteiger partial charge in [0.1, 0.15) is 4.90 Å². The average Bonchev–Trinajstić information content (AvgIpc) is 2.43. The fraction of sp³-hybridized carbons (Fsp3) is 0.571. The first-order valence-electron chi connectivity index (χ1n) is 6.92. The van der Waals surface area contributed by atoms with E-state index >= 15 is 0 Å². The Morgan fingerprint density at radius 2 is 2.00 bits per heavy atom. The molecule has 0 bridgehead atoms. The van der Waals surface area contributed by atoms with Crippen LogP contribution in [-0.4, -0.2) is 14.5 Å². The monoisotopic (exact) mass is 338 g/mol. The van der Waals surface area contributed by atoms with E-state index in [0.29, 0.717) is 5.92 Å². The van der Waals surface area contributed by atoms with Crippen LogP contribution < -0.4 is 4.74 Å². The quantitative estimate of drug-likeness (QED) is 0.771. The van der Waals surface area contributed by atoms with Crippen LogP contribution in [0.15, 0.2) is 17.0 Å². The van der Waals surface area contributed by atoms with E-state index in [1.165, 1.54) is 0 Å². The molecule has 1 aliphatic rings. The van der Waals surface area contributed by atoms with Crippen molar-refractivity contribution in [3.05, 3.63) is 23.8 Å². The first kappa shape index (κ1) is 16.5. The van der Waals surface area contributed by atoms with Gasteiger partial charge >= 0.3 is 0 Å². The molecule has 1 aromatic carbocycles. The van der Waals surface area contributed by atoms with Gasteiger partial charge in [0.2, 0.25) is 5.82 Å². The van der Waals surface area contributed by atoms with Crippen LogP contribution in [0.5, 0.6) is 5.75 Å². The molecule has 1 aromatic rings. The number of hydrogen-bond donors (Lipinski definition) is 0. The molecule has 1 aliphatic carbocycles. The first-order chi connectivity index (χ1) is 9.82. The predicted octanol–water partition coefficient (Wildman–Crippen LogP) is 4.24. The van der Waals surface area contributed by atoms with Gasteiger partial charge in [0.25, 0.3) is 9.05 Å². The molecule has 0 radical (unpaired) electrons. The summed E-state index contributed by atoms with van der Waals surface area (Å²) in [5.74, 6) is -2.54. The predicted molar refractivity (Wildman–Crippen MR) is 76.1 cm³/mol. The third-order valence-electron chi connectivity index (χ3n) is 3.88. The Morgan fingerprint density at radius 3 is 2.62 bits per heavy atom. The van der Waals surface area contributed by atoms with Crippen LogP contribution in [0.4, 0.5) is 8.78 Å². The van der Waals surface area contributed by atoms with Crippen LogP contribution in [0.2, 0.25) is 0 Å². The van der Waals surface area contributed by atoms with Gasteiger partial charge in [-0.05, 0) is 37.3 Å². The van der Waals surface area contributed by atoms with Crippen LogP contribution in [0, 0.1) is 17.6 Å². The second-order valence-electron chi connectivity index (χ2n) is 5.31. The van der Waals surface area contributed by atoms with Crippen molar-refractivity contribution in [1.82, 2.24) is 0 Å². The van der Waals surface area contributed by atoms with Crippen molar-refractivity contribution in [1.29, 1.82) is 0 Å². The Morgan fingerprint density at radius 1 is 1.29 bits per heavy atom. The van der Waals surface area contributed by atoms with E-state index in [0.717, 1.165) is 44.2 Å². The molecule has 0 aromatic heterocycles. The molecule has 0 spiro atoms. The maximum atomic E-state index is 13.9. The van der Waals surface area contributed by atoms with Gasteiger partial charge in [-0.2, -0.15) is 4.39 Å². The molecule has 0 heterocycles. The minimum Gasteiger partial charge on any atom is -0.487 e. The number of ether oxygens (including phenoxy) is 1. The molecule has 3 nitrogen and oxygen atoms in total. The molecular weight excluding hydrogens is 322 g/mol. The van der Waals surface area contributed by atoms with Crippen molar-refractivity contribution >= 4 is 19.7 Å². The second-order valence-corrected chi connectivity index (χ2v) is 7.84. The maximum absolute atomic E-state index is 13.9. The lowest BCUT2D eigenvalue weighted by atomic mass is 9.85. The molecule has 7 heteroatoms. The lowest BCUT2D eigenvalue weighted by Crippen LogP contribution is -2.25. The SMILES string of the molecule is CCC1CCCC(Oc2ccc(S(=O)(=O)Cl)c(F)c2F)C1. The zero-order valence-corrected chi connectivity index (χ0v) is 13.2. The number of hydrogen-bond acceptors (Lipinski definition) is 3. The molecule has 1 saturated carbocycles. The minimum absolute atomic E-state index is 0.170. The molecule has 2 unspecified atom stereocenters. The molecule has 0 aliphatic heterocycles. The zero-order valence-electron chi connectivity index (χ0n) is 11.6. The van der Waals surface area contributed by atoms with Crippen molar-refractivity contribution in [2.45, 2.75) is 50.0 Å². The van der Waals surface area contributed by atoms with Gasteiger partial charge < -0.3 is 4.74 Å². The van der Waals surface area contributed by atoms with Crippen LogP contribution in [0.3, 0.4) is 0 Å². The lowest BCUT2D eigenvalue weighted by Gasteiger charge is -2.29. The Balaban J connectivity index is 2.20. The second kappa shape index (κ2) is 6.48. The Bertz CT molecular complexity index is 619. The van der Waals surface area contributed by atoms with Crippen molar-refractivity contribution in [2.24, 2.45) is 5.92 Å². The van der Waals surface area contributed by atoms with Crippen LogP contribution in [-0.2, 0) is 9.05 Å². The van der Waals surface area contributed by atoms with Crippen LogP contribution >= 0.6 is 10.7 Å². The molecule has 0 saturated heterocycles. The molecule has 1 fully saturated rings. The van der Waals surface area contributed by atoms with E-state index in [2.05, 4.69) is 6.92 Å². The van der Waals surface area contributed by atoms with Gasteiger partial charge in [0.15, 0.2) is 11.6 Å². The summed E-state index contributed by atoms with van der Waals surface area (Å²) in [5.41, 5.74) is 0. The van der Waals surface area contributed by atoms with Gasteiger partial charge in [-0.1, -0.05) is 19.8 Å². The molecular formula is C14H17ClF2O3S. The van der Waals surface area contributed by atoms with Gasteiger partial charge in [-0.15, -0.1) is 0 Å². The summed E-state index contributed by atoms with van der Waals surface area (Å²) in [6.45, 7) is 2.09. The highest BCUT2D eigenvalue weighted by Crippen LogP contribution is 2.32. The Labute approximate surface area is 127 Å². The molecule has 0 amide bonds. The third kappa shape index (κ3) is 3.86. The van der Waals surface area contributed by atoms with E-state index in [9.17, 15) is 17.2 Å². The highest BCUT2D eigenvalue weighted by Gasteiger charge is 2.26. The summed E-state index contributed by atoms with van der Waals surface area (Å²) < 4.78 is 55.4. The highest BCUT2D eigenvalue weighted by atomic mass is 35.7. The van der Waals surface area contributed by atoms with Crippen molar-refractivity contribution in [3.63, 3.8) is 0 Å². The van der Waals surface area contributed by atoms with E-state index in [1.54, 1.807) is 0 Å². The van der Waals surface area contributed by atoms with E-state index < -0.39 is 25.6 Å². The van der Waals surface area contributed by atoms with Crippen LogP contribution in [0.25, 0.3) is 0 Å². The number of benzene rings is 1. The molecule has 21 heavy (non-hydrogen) atoms. The fourth-order valence-corrected chi connectivity index (χ4v) is 3.58. The topological polar surface area (TPSA) is 43.4 Å². The van der Waals surface area contributed by atoms with Crippen molar-refractivity contribution < 1.29 is 21.9 Å². The smallest absolute Gasteiger partial charge is 0.264 e. The van der Waals surface area contributed by atoms with Crippen molar-refractivity contribution in [2.75, 3.05) is 0 Å². The fourth-order valence-electron chi connectivity index (χ4n) is 2.69. The summed E-state index contributed by atoms with van der Waals surface area (Å²) >= 11 is 0. The van der Waals surface area contributed by atoms with Crippen molar-refractivity contribution in [3.8, 4) is 5.75 Å². The molecule has 0 N–H and O–H groups in total. The van der Waals surface area contributed by atoms with Gasteiger partial charge in [0, 0.05) is 10.7 Å². The average molecular weight is 339 g/mol. The van der Waals surface area contributed by atoms with Gasteiger partial charge in [0.05, 0.1) is 6.10 Å². The van der Waals surface area contributed by atoms with E-state index in [1.807, 2.05) is 0 Å². The third-order valence-corrected chi connectivity index (χ3v) is 5.22. The zero-order chi connectivity index (χ0) is 15.6. The standard InChI is InChI=1S/C14H17ClF2O3S/c1-2-9-4-3-5-10(8-9)20-11-6-7-12(21(15,18)19)14(17)13(11)16/h6-7,9-10H,2-5,8H2,1H3. The highest BCUT2D eigenvalue weighted by molar-refractivity contribution is 8.13. The molecule has 2 atom stereocenters. The first-order valence-corrected chi connectivity index (χ1v) is 9.23. The summed E-state index contributed by atoms with van der Waals surface area (Å²) in [7, 11) is 0.726. The van der Waals surface area contributed by atoms with Gasteiger partial charge in [-0.25, -0.2) is 12.8 Å². The summed E-state index contributed by atoms with van der Waals surface area (Å²) in [6, 6.07) is 2.04.